The van der Waals surface area contributed by atoms with Gasteiger partial charge in [0.05, 0.1) is 27.0 Å². The van der Waals surface area contributed by atoms with E-state index in [1.807, 2.05) is 48.5 Å². The Labute approximate surface area is 192 Å². The zero-order valence-electron chi connectivity index (χ0n) is 18.7. The van der Waals surface area contributed by atoms with Gasteiger partial charge in [-0.1, -0.05) is 36.4 Å². The van der Waals surface area contributed by atoms with Gasteiger partial charge < -0.3 is 29.2 Å². The van der Waals surface area contributed by atoms with Gasteiger partial charge in [0, 0.05) is 18.3 Å². The average molecular weight is 453 g/mol. The van der Waals surface area contributed by atoms with Crippen molar-refractivity contribution in [3.63, 3.8) is 0 Å². The minimum absolute atomic E-state index is 0.0518. The third kappa shape index (κ3) is 6.60. The predicted octanol–water partition coefficient (Wildman–Crippen LogP) is 2.30. The number of benzene rings is 2. The topological polar surface area (TPSA) is 99.0 Å². The number of methoxy groups -OCH3 is 2. The van der Waals surface area contributed by atoms with E-state index >= 15 is 0 Å². The Kier molecular flexibility index (Phi) is 8.49. The number of carbonyl (C=O) groups is 1. The lowest BCUT2D eigenvalue weighted by molar-refractivity contribution is -0.121. The van der Waals surface area contributed by atoms with Gasteiger partial charge >= 0.3 is 0 Å². The first-order valence-electron chi connectivity index (χ1n) is 10.5. The molecule has 0 aliphatic heterocycles. The van der Waals surface area contributed by atoms with Gasteiger partial charge in [0.1, 0.15) is 13.2 Å². The minimum Gasteiger partial charge on any atom is -0.493 e. The smallest absolute Gasteiger partial charge is 0.239 e. The molecule has 0 bridgehead atoms. The number of rotatable bonds is 11. The second-order valence-corrected chi connectivity index (χ2v) is 7.34. The van der Waals surface area contributed by atoms with Crippen molar-refractivity contribution in [1.82, 2.24) is 9.88 Å². The van der Waals surface area contributed by atoms with Gasteiger partial charge in [0.2, 0.25) is 11.3 Å². The molecule has 8 heteroatoms. The molecule has 1 aromatic heterocycles. The number of aromatic nitrogens is 1. The van der Waals surface area contributed by atoms with E-state index in [0.29, 0.717) is 30.2 Å². The number of ether oxygens (including phenoxy) is 3. The summed E-state index contributed by atoms with van der Waals surface area (Å²) >= 11 is 0. The van der Waals surface area contributed by atoms with Crippen LogP contribution in [0.4, 0.5) is 0 Å². The molecule has 0 radical (unpaired) electrons. The van der Waals surface area contributed by atoms with Crippen LogP contribution >= 0.6 is 0 Å². The van der Waals surface area contributed by atoms with Crippen LogP contribution < -0.4 is 25.0 Å². The maximum absolute atomic E-state index is 12.5. The van der Waals surface area contributed by atoms with Crippen LogP contribution in [0.2, 0.25) is 0 Å². The Morgan fingerprint density at radius 2 is 1.73 bits per heavy atom. The fraction of sp³-hybridized carbons (Fsp3) is 0.280. The van der Waals surface area contributed by atoms with Crippen molar-refractivity contribution < 1.29 is 24.1 Å². The van der Waals surface area contributed by atoms with Crippen molar-refractivity contribution in [1.29, 1.82) is 0 Å². The van der Waals surface area contributed by atoms with Crippen LogP contribution in [0.25, 0.3) is 0 Å². The van der Waals surface area contributed by atoms with Gasteiger partial charge in [-0.25, -0.2) is 0 Å². The molecule has 0 unspecified atom stereocenters. The van der Waals surface area contributed by atoms with Gasteiger partial charge in [-0.2, -0.15) is 0 Å². The first kappa shape index (κ1) is 23.9. The summed E-state index contributed by atoms with van der Waals surface area (Å²) in [6.45, 7) is 0.226. The molecule has 3 aromatic rings. The van der Waals surface area contributed by atoms with Crippen LogP contribution in [0.3, 0.4) is 0 Å². The molecule has 2 aromatic carbocycles. The SMILES string of the molecule is COc1ccc(CCNC(=O)Cn2cc(OCc3ccccc3)c(=O)cc2CO)cc1OC. The van der Waals surface area contributed by atoms with Crippen LogP contribution in [0.15, 0.2) is 65.6 Å². The van der Waals surface area contributed by atoms with E-state index in [4.69, 9.17) is 14.2 Å². The highest BCUT2D eigenvalue weighted by molar-refractivity contribution is 5.75. The molecule has 0 aliphatic carbocycles. The van der Waals surface area contributed by atoms with Crippen molar-refractivity contribution in [2.24, 2.45) is 0 Å². The molecule has 3 rings (SSSR count). The first-order valence-corrected chi connectivity index (χ1v) is 10.5. The summed E-state index contributed by atoms with van der Waals surface area (Å²) in [7, 11) is 3.15. The molecule has 0 atom stereocenters. The number of nitrogens with one attached hydrogen (secondary N) is 1. The van der Waals surface area contributed by atoms with Gasteiger partial charge in [0.25, 0.3) is 0 Å². The third-order valence-corrected chi connectivity index (χ3v) is 5.08. The van der Waals surface area contributed by atoms with Crippen LogP contribution in [-0.2, 0) is 31.0 Å². The predicted molar refractivity (Wildman–Crippen MR) is 124 cm³/mol. The maximum atomic E-state index is 12.5. The van der Waals surface area contributed by atoms with Gasteiger partial charge in [-0.05, 0) is 29.7 Å². The molecule has 0 aliphatic rings. The first-order chi connectivity index (χ1) is 16.0. The molecular weight excluding hydrogens is 424 g/mol. The summed E-state index contributed by atoms with van der Waals surface area (Å²) in [5, 5.41) is 12.5. The van der Waals surface area contributed by atoms with Crippen molar-refractivity contribution in [3.8, 4) is 17.2 Å². The average Bonchev–Trinajstić information content (AvgIpc) is 2.84. The maximum Gasteiger partial charge on any atom is 0.239 e. The Hall–Kier alpha value is -3.78. The van der Waals surface area contributed by atoms with Crippen LogP contribution in [0, 0.1) is 0 Å². The number of hydrogen-bond acceptors (Lipinski definition) is 6. The number of carbonyl (C=O) groups excluding carboxylic acids is 1. The van der Waals surface area contributed by atoms with Crippen LogP contribution in [0.1, 0.15) is 16.8 Å². The van der Waals surface area contributed by atoms with E-state index < -0.39 is 0 Å². The van der Waals surface area contributed by atoms with Gasteiger partial charge in [-0.15, -0.1) is 0 Å². The van der Waals surface area contributed by atoms with E-state index in [0.717, 1.165) is 11.1 Å². The number of aliphatic hydroxyl groups is 1. The molecule has 0 fully saturated rings. The fourth-order valence-corrected chi connectivity index (χ4v) is 3.31. The number of pyridine rings is 1. The zero-order chi connectivity index (χ0) is 23.6. The molecule has 1 heterocycles. The molecule has 1 amide bonds. The van der Waals surface area contributed by atoms with E-state index in [9.17, 15) is 14.7 Å². The molecule has 8 nitrogen and oxygen atoms in total. The number of amides is 1. The van der Waals surface area contributed by atoms with E-state index in [1.54, 1.807) is 14.2 Å². The lowest BCUT2D eigenvalue weighted by Gasteiger charge is -2.15. The molecule has 0 saturated heterocycles. The fourth-order valence-electron chi connectivity index (χ4n) is 3.31. The Bertz CT molecular complexity index is 1130. The normalized spacial score (nSPS) is 10.5. The van der Waals surface area contributed by atoms with E-state index in [1.165, 1.54) is 16.8 Å². The highest BCUT2D eigenvalue weighted by Crippen LogP contribution is 2.27. The highest BCUT2D eigenvalue weighted by Gasteiger charge is 2.11. The Morgan fingerprint density at radius 3 is 2.42 bits per heavy atom. The van der Waals surface area contributed by atoms with Crippen molar-refractivity contribution in [2.75, 3.05) is 20.8 Å². The number of hydrogen-bond donors (Lipinski definition) is 2. The lowest BCUT2D eigenvalue weighted by atomic mass is 10.1. The lowest BCUT2D eigenvalue weighted by Crippen LogP contribution is -2.30. The summed E-state index contributed by atoms with van der Waals surface area (Å²) in [4.78, 5) is 24.8. The molecule has 0 saturated carbocycles. The molecular formula is C25H28N2O6. The molecule has 174 valence electrons. The second-order valence-electron chi connectivity index (χ2n) is 7.34. The van der Waals surface area contributed by atoms with Crippen molar-refractivity contribution in [3.05, 3.63) is 87.8 Å². The standard InChI is InChI=1S/C25H28N2O6/c1-31-22-9-8-18(12-23(22)32-2)10-11-26-25(30)15-27-14-24(21(29)13-20(27)16-28)33-17-19-6-4-3-5-7-19/h3-9,12-14,28H,10-11,15-17H2,1-2H3,(H,26,30). The van der Waals surface area contributed by atoms with E-state index in [2.05, 4.69) is 5.32 Å². The van der Waals surface area contributed by atoms with Gasteiger partial charge in [0.15, 0.2) is 17.2 Å². The monoisotopic (exact) mass is 452 g/mol. The van der Waals surface area contributed by atoms with Gasteiger partial charge in [-0.3, -0.25) is 9.59 Å². The number of nitrogens with zero attached hydrogens (tertiary/aromatic N) is 1. The summed E-state index contributed by atoms with van der Waals surface area (Å²) in [5.74, 6) is 1.15. The minimum atomic E-state index is -0.368. The molecule has 33 heavy (non-hydrogen) atoms. The Morgan fingerprint density at radius 1 is 0.970 bits per heavy atom. The van der Waals surface area contributed by atoms with Crippen molar-refractivity contribution in [2.45, 2.75) is 26.2 Å². The Balaban J connectivity index is 1.60. The molecule has 0 spiro atoms. The summed E-state index contributed by atoms with van der Waals surface area (Å²) in [5.41, 5.74) is 1.90. The number of aliphatic hydroxyl groups excluding tert-OH is 1. The summed E-state index contributed by atoms with van der Waals surface area (Å²) in [6.07, 6.45) is 2.07. The van der Waals surface area contributed by atoms with Crippen LogP contribution in [0.5, 0.6) is 17.2 Å². The highest BCUT2D eigenvalue weighted by atomic mass is 16.5. The summed E-state index contributed by atoms with van der Waals surface area (Å²) < 4.78 is 17.7. The van der Waals surface area contributed by atoms with E-state index in [-0.39, 0.29) is 36.8 Å². The zero-order valence-corrected chi connectivity index (χ0v) is 18.7. The largest absolute Gasteiger partial charge is 0.493 e. The molecule has 2 N–H and O–H groups in total. The summed E-state index contributed by atoms with van der Waals surface area (Å²) in [6, 6.07) is 16.4. The van der Waals surface area contributed by atoms with Crippen LogP contribution in [-0.4, -0.2) is 36.3 Å². The third-order valence-electron chi connectivity index (χ3n) is 5.08. The second kappa shape index (κ2) is 11.7. The van der Waals surface area contributed by atoms with Crippen molar-refractivity contribution >= 4 is 5.91 Å². The quantitative estimate of drug-likeness (QED) is 0.463.